The molecule has 0 N–H and O–H groups in total. The zero-order chi connectivity index (χ0) is 6.08. The summed E-state index contributed by atoms with van der Waals surface area (Å²) >= 11 is 0. The van der Waals surface area contributed by atoms with Crippen molar-refractivity contribution in [2.45, 2.75) is 42.5 Å². The molecule has 0 saturated heterocycles. The first kappa shape index (κ1) is 15.9. The lowest BCUT2D eigenvalue weighted by Crippen LogP contribution is -2.15. The Balaban J connectivity index is -0.000000180. The minimum Gasteiger partial charge on any atom is -0.299 e. The van der Waals surface area contributed by atoms with Gasteiger partial charge in [0.25, 0.3) is 0 Å². The van der Waals surface area contributed by atoms with Crippen molar-refractivity contribution in [3.63, 3.8) is 0 Å². The van der Waals surface area contributed by atoms with E-state index >= 15 is 0 Å². The third-order valence-corrected chi connectivity index (χ3v) is 1.06. The van der Waals surface area contributed by atoms with Gasteiger partial charge in [0, 0.05) is 5.41 Å². The number of hydrogen-bond acceptors (Lipinski definition) is 1. The van der Waals surface area contributed by atoms with Crippen molar-refractivity contribution >= 4 is 5.78 Å². The Kier molecular flexibility index (Phi) is 8.00. The first-order valence-corrected chi connectivity index (χ1v) is 2.45. The van der Waals surface area contributed by atoms with Crippen LogP contribution in [0.3, 0.4) is 0 Å². The summed E-state index contributed by atoms with van der Waals surface area (Å²) in [6.07, 6.45) is 0. The van der Waals surface area contributed by atoms with Crippen molar-refractivity contribution in [1.29, 1.82) is 0 Å². The van der Waals surface area contributed by atoms with Crippen LogP contribution >= 0.6 is 0 Å². The second-order valence-corrected chi connectivity index (χ2v) is 2.81. The molecule has 0 rings (SSSR count). The first-order chi connectivity index (χ1) is 2.94. The second kappa shape index (κ2) is 4.54. The van der Waals surface area contributed by atoms with Gasteiger partial charge in [-0.05, 0) is 6.92 Å². The summed E-state index contributed by atoms with van der Waals surface area (Å²) in [5.74, 6) is 0.243. The molecule has 0 radical (unpaired) electrons. The van der Waals surface area contributed by atoms with Gasteiger partial charge < -0.3 is 0 Å². The molecule has 0 heterocycles. The monoisotopic (exact) mass is 132 g/mol. The summed E-state index contributed by atoms with van der Waals surface area (Å²) in [5.41, 5.74) is -0.139. The smallest absolute Gasteiger partial charge is 0.135 e. The number of Topliss-reactive ketones (excluding diaryl/α,β-unsaturated/α-hetero) is 1. The molecule has 9 heavy (non-hydrogen) atoms. The molecule has 0 aromatic rings. The third kappa shape index (κ3) is 7.67. The topological polar surface area (TPSA) is 17.1 Å². The lowest BCUT2D eigenvalue weighted by molar-refractivity contribution is -0.124. The number of ketones is 1. The minimum atomic E-state index is -0.139. The molecule has 0 aliphatic rings. The Bertz CT molecular complexity index is 77.1. The summed E-state index contributed by atoms with van der Waals surface area (Å²) in [6, 6.07) is 0. The van der Waals surface area contributed by atoms with Crippen molar-refractivity contribution in [1.82, 2.24) is 0 Å². The minimum absolute atomic E-state index is 0. The van der Waals surface area contributed by atoms with Crippen LogP contribution in [0, 0.1) is 5.41 Å². The van der Waals surface area contributed by atoms with Crippen molar-refractivity contribution in [3.05, 3.63) is 0 Å². The van der Waals surface area contributed by atoms with Crippen LogP contribution in [0.2, 0.25) is 0 Å². The van der Waals surface area contributed by atoms with Gasteiger partial charge in [-0.2, -0.15) is 0 Å². The highest BCUT2D eigenvalue weighted by molar-refractivity contribution is 5.80. The number of hydrogen-bond donors (Lipinski definition) is 0. The molecular weight excluding hydrogens is 112 g/mol. The van der Waals surface area contributed by atoms with Gasteiger partial charge in [0.15, 0.2) is 0 Å². The van der Waals surface area contributed by atoms with Crippen LogP contribution in [-0.2, 0) is 4.79 Å². The second-order valence-electron chi connectivity index (χ2n) is 2.81. The van der Waals surface area contributed by atoms with Gasteiger partial charge in [-0.1, -0.05) is 35.6 Å². The van der Waals surface area contributed by atoms with Crippen molar-refractivity contribution < 1.29 is 4.79 Å². The van der Waals surface area contributed by atoms with E-state index in [1.165, 1.54) is 0 Å². The molecule has 1 heteroatoms. The average Bonchev–Trinajstić information content (AvgIpc) is 1.31. The fourth-order valence-electron chi connectivity index (χ4n) is 0. The van der Waals surface area contributed by atoms with E-state index in [2.05, 4.69) is 0 Å². The SMILES string of the molecule is C.C.CC(=O)C(C)(C)C. The molecule has 0 aromatic carbocycles. The van der Waals surface area contributed by atoms with Gasteiger partial charge in [0.1, 0.15) is 5.78 Å². The van der Waals surface area contributed by atoms with E-state index in [0.717, 1.165) is 0 Å². The van der Waals surface area contributed by atoms with E-state index in [4.69, 9.17) is 0 Å². The Morgan fingerprint density at radius 1 is 1.11 bits per heavy atom. The van der Waals surface area contributed by atoms with Crippen LogP contribution in [0.15, 0.2) is 0 Å². The zero-order valence-electron chi connectivity index (χ0n) is 5.41. The number of carbonyl (C=O) groups excluding carboxylic acids is 1. The van der Waals surface area contributed by atoms with Gasteiger partial charge in [-0.3, -0.25) is 4.79 Å². The highest BCUT2D eigenvalue weighted by atomic mass is 16.1. The van der Waals surface area contributed by atoms with Crippen LogP contribution in [0.25, 0.3) is 0 Å². The van der Waals surface area contributed by atoms with Gasteiger partial charge in [-0.25, -0.2) is 0 Å². The Labute approximate surface area is 59.5 Å². The Morgan fingerprint density at radius 3 is 1.22 bits per heavy atom. The quantitative estimate of drug-likeness (QED) is 0.495. The summed E-state index contributed by atoms with van der Waals surface area (Å²) in [5, 5.41) is 0. The predicted octanol–water partition coefficient (Wildman–Crippen LogP) is 2.89. The zero-order valence-corrected chi connectivity index (χ0v) is 5.41. The lowest BCUT2D eigenvalue weighted by atomic mass is 9.92. The molecule has 0 bridgehead atoms. The van der Waals surface area contributed by atoms with Crippen LogP contribution in [0.1, 0.15) is 42.5 Å². The lowest BCUT2D eigenvalue weighted by Gasteiger charge is -2.11. The molecule has 1 nitrogen and oxygen atoms in total. The first-order valence-electron chi connectivity index (χ1n) is 2.45. The van der Waals surface area contributed by atoms with Gasteiger partial charge >= 0.3 is 0 Å². The van der Waals surface area contributed by atoms with E-state index < -0.39 is 0 Å². The van der Waals surface area contributed by atoms with Crippen LogP contribution in [0.5, 0.6) is 0 Å². The Hall–Kier alpha value is -0.330. The molecule has 0 fully saturated rings. The molecule has 0 aromatic heterocycles. The number of carbonyl (C=O) groups is 1. The van der Waals surface area contributed by atoms with Gasteiger partial charge in [0.2, 0.25) is 0 Å². The summed E-state index contributed by atoms with van der Waals surface area (Å²) in [4.78, 5) is 10.5. The van der Waals surface area contributed by atoms with Crippen LogP contribution in [0.4, 0.5) is 0 Å². The molecule has 0 saturated carbocycles. The third-order valence-electron chi connectivity index (χ3n) is 1.06. The molecule has 0 amide bonds. The van der Waals surface area contributed by atoms with Crippen LogP contribution < -0.4 is 0 Å². The fraction of sp³-hybridized carbons (Fsp3) is 0.875. The standard InChI is InChI=1S/C6H12O.2CH4/c1-5(7)6(2,3)4;;/h1-4H3;2*1H4. The highest BCUT2D eigenvalue weighted by Crippen LogP contribution is 2.12. The molecule has 0 atom stereocenters. The predicted molar refractivity (Wildman–Crippen MR) is 43.6 cm³/mol. The molecular formula is C8H20O. The molecule has 0 spiro atoms. The van der Waals surface area contributed by atoms with Crippen molar-refractivity contribution in [2.24, 2.45) is 5.41 Å². The van der Waals surface area contributed by atoms with E-state index in [1.807, 2.05) is 20.8 Å². The van der Waals surface area contributed by atoms with E-state index in [1.54, 1.807) is 6.92 Å². The Morgan fingerprint density at radius 2 is 1.22 bits per heavy atom. The van der Waals surface area contributed by atoms with Crippen molar-refractivity contribution in [2.75, 3.05) is 0 Å². The molecule has 0 unspecified atom stereocenters. The highest BCUT2D eigenvalue weighted by Gasteiger charge is 2.14. The maximum atomic E-state index is 10.5. The van der Waals surface area contributed by atoms with Gasteiger partial charge in [0.05, 0.1) is 0 Å². The van der Waals surface area contributed by atoms with E-state index in [0.29, 0.717) is 0 Å². The summed E-state index contributed by atoms with van der Waals surface area (Å²) in [6.45, 7) is 7.35. The summed E-state index contributed by atoms with van der Waals surface area (Å²) in [7, 11) is 0. The van der Waals surface area contributed by atoms with Crippen LogP contribution in [-0.4, -0.2) is 5.78 Å². The maximum absolute atomic E-state index is 10.5. The number of rotatable bonds is 0. The summed E-state index contributed by atoms with van der Waals surface area (Å²) < 4.78 is 0. The normalized spacial score (nSPS) is 8.89. The average molecular weight is 132 g/mol. The molecule has 58 valence electrons. The van der Waals surface area contributed by atoms with E-state index in [-0.39, 0.29) is 26.1 Å². The fourth-order valence-corrected chi connectivity index (χ4v) is 0. The van der Waals surface area contributed by atoms with Crippen molar-refractivity contribution in [3.8, 4) is 0 Å². The van der Waals surface area contributed by atoms with Gasteiger partial charge in [-0.15, -0.1) is 0 Å². The van der Waals surface area contributed by atoms with E-state index in [9.17, 15) is 4.79 Å². The maximum Gasteiger partial charge on any atom is 0.135 e. The molecule has 0 aliphatic carbocycles. The molecule has 0 aliphatic heterocycles. The largest absolute Gasteiger partial charge is 0.299 e.